The maximum Gasteiger partial charge on any atom is 0.350 e. The fourth-order valence-electron chi connectivity index (χ4n) is 1.69. The molecule has 1 aliphatic heterocycles. The number of anilines is 1. The molecule has 0 amide bonds. The summed E-state index contributed by atoms with van der Waals surface area (Å²) in [6, 6.07) is 3.31. The molecule has 24 heavy (non-hydrogen) atoms. The predicted molar refractivity (Wildman–Crippen MR) is 89.1 cm³/mol. The number of hydrogen-bond donors (Lipinski definition) is 1. The van der Waals surface area contributed by atoms with Gasteiger partial charge < -0.3 is 24.4 Å². The van der Waals surface area contributed by atoms with Crippen molar-refractivity contribution in [2.24, 2.45) is 0 Å². The number of aromatic nitrogens is 1. The van der Waals surface area contributed by atoms with Crippen LogP contribution in [0.3, 0.4) is 0 Å². The number of nitrogens with one attached hydrogen (secondary N) is 1. The lowest BCUT2D eigenvalue weighted by Crippen LogP contribution is -2.42. The van der Waals surface area contributed by atoms with Gasteiger partial charge in [-0.05, 0) is 24.4 Å². The predicted octanol–water partition coefficient (Wildman–Crippen LogP) is 1.44. The molecule has 0 radical (unpaired) electrons. The summed E-state index contributed by atoms with van der Waals surface area (Å²) in [6.45, 7) is 2.94. The van der Waals surface area contributed by atoms with Crippen LogP contribution in [-0.4, -0.2) is 46.9 Å². The number of nitrogens with zero attached hydrogens (tertiary/aromatic N) is 2. The molecule has 0 atom stereocenters. The molecule has 1 aliphatic rings. The number of thiocarbonyl (C=S) groups is 1. The highest BCUT2D eigenvalue weighted by Crippen LogP contribution is 2.25. The van der Waals surface area contributed by atoms with E-state index >= 15 is 0 Å². The standard InChI is InChI=1S/C15H17N3O5S/c1-15(2)22-12(19)9(13(20)23-15)8-17-11-10(6-5-7-16-11)21-14(24)18(3)4/h5-8H,1-4H3,(H,16,17). The molecule has 0 unspecified atom stereocenters. The van der Waals surface area contributed by atoms with E-state index < -0.39 is 17.7 Å². The summed E-state index contributed by atoms with van der Waals surface area (Å²) in [5.41, 5.74) is -0.277. The van der Waals surface area contributed by atoms with Crippen LogP contribution < -0.4 is 10.1 Å². The Morgan fingerprint density at radius 2 is 1.96 bits per heavy atom. The number of rotatable bonds is 3. The molecule has 1 fully saturated rings. The highest BCUT2D eigenvalue weighted by Gasteiger charge is 2.39. The topological polar surface area (TPSA) is 90.0 Å². The number of ether oxygens (including phenoxy) is 3. The first-order chi connectivity index (χ1) is 11.2. The molecule has 9 heteroatoms. The molecule has 0 saturated carbocycles. The molecule has 0 aromatic carbocycles. The van der Waals surface area contributed by atoms with Crippen molar-refractivity contribution >= 4 is 35.1 Å². The van der Waals surface area contributed by atoms with Crippen LogP contribution in [0.5, 0.6) is 5.75 Å². The zero-order valence-electron chi connectivity index (χ0n) is 13.7. The first kappa shape index (κ1) is 17.7. The summed E-state index contributed by atoms with van der Waals surface area (Å²) >= 11 is 5.08. The van der Waals surface area contributed by atoms with Crippen LogP contribution >= 0.6 is 12.2 Å². The number of esters is 2. The zero-order valence-corrected chi connectivity index (χ0v) is 14.5. The second-order valence-electron chi connectivity index (χ2n) is 5.49. The van der Waals surface area contributed by atoms with Gasteiger partial charge >= 0.3 is 11.9 Å². The van der Waals surface area contributed by atoms with Gasteiger partial charge in [0, 0.05) is 40.3 Å². The number of cyclic esters (lactones) is 2. The highest BCUT2D eigenvalue weighted by molar-refractivity contribution is 7.80. The first-order valence-corrected chi connectivity index (χ1v) is 7.38. The van der Waals surface area contributed by atoms with Gasteiger partial charge in [-0.15, -0.1) is 0 Å². The summed E-state index contributed by atoms with van der Waals surface area (Å²) in [6.07, 6.45) is 2.68. The lowest BCUT2D eigenvalue weighted by Gasteiger charge is -2.29. The van der Waals surface area contributed by atoms with E-state index in [0.717, 1.165) is 6.20 Å². The molecule has 2 heterocycles. The lowest BCUT2D eigenvalue weighted by atomic mass is 10.2. The molecule has 0 aliphatic carbocycles. The van der Waals surface area contributed by atoms with Gasteiger partial charge in [0.25, 0.3) is 11.0 Å². The number of carbonyl (C=O) groups excluding carboxylic acids is 2. The van der Waals surface area contributed by atoms with Gasteiger partial charge in [0.05, 0.1) is 0 Å². The molecule has 0 bridgehead atoms. The van der Waals surface area contributed by atoms with E-state index in [1.165, 1.54) is 20.0 Å². The maximum absolute atomic E-state index is 11.9. The molecule has 2 rings (SSSR count). The van der Waals surface area contributed by atoms with Crippen molar-refractivity contribution in [1.82, 2.24) is 9.88 Å². The van der Waals surface area contributed by atoms with E-state index in [2.05, 4.69) is 10.3 Å². The second kappa shape index (κ2) is 6.83. The van der Waals surface area contributed by atoms with E-state index in [9.17, 15) is 9.59 Å². The Hall–Kier alpha value is -2.68. The van der Waals surface area contributed by atoms with E-state index in [1.54, 1.807) is 31.1 Å². The van der Waals surface area contributed by atoms with Crippen molar-refractivity contribution in [3.8, 4) is 5.75 Å². The van der Waals surface area contributed by atoms with Crippen LogP contribution in [0.4, 0.5) is 5.82 Å². The van der Waals surface area contributed by atoms with Gasteiger partial charge in [0.2, 0.25) is 0 Å². The largest absolute Gasteiger partial charge is 0.428 e. The maximum atomic E-state index is 11.9. The fourth-order valence-corrected chi connectivity index (χ4v) is 1.78. The zero-order chi connectivity index (χ0) is 17.9. The van der Waals surface area contributed by atoms with E-state index in [0.29, 0.717) is 5.75 Å². The van der Waals surface area contributed by atoms with Crippen molar-refractivity contribution in [2.45, 2.75) is 19.6 Å². The minimum Gasteiger partial charge on any atom is -0.428 e. The highest BCUT2D eigenvalue weighted by atomic mass is 32.1. The van der Waals surface area contributed by atoms with Crippen molar-refractivity contribution in [2.75, 3.05) is 19.4 Å². The van der Waals surface area contributed by atoms with Crippen LogP contribution in [-0.2, 0) is 19.1 Å². The van der Waals surface area contributed by atoms with Gasteiger partial charge in [0.1, 0.15) is 0 Å². The molecule has 0 spiro atoms. The quantitative estimate of drug-likeness (QED) is 0.376. The number of pyridine rings is 1. The Morgan fingerprint density at radius 3 is 2.54 bits per heavy atom. The Balaban J connectivity index is 2.19. The van der Waals surface area contributed by atoms with Crippen LogP contribution in [0.15, 0.2) is 30.1 Å². The number of hydrogen-bond acceptors (Lipinski definition) is 8. The van der Waals surface area contributed by atoms with Crippen molar-refractivity contribution in [3.05, 3.63) is 30.1 Å². The Labute approximate surface area is 144 Å². The van der Waals surface area contributed by atoms with Crippen LogP contribution in [0, 0.1) is 0 Å². The van der Waals surface area contributed by atoms with Gasteiger partial charge in [-0.25, -0.2) is 14.6 Å². The average molecular weight is 351 g/mol. The molecular weight excluding hydrogens is 334 g/mol. The van der Waals surface area contributed by atoms with Gasteiger partial charge in [0.15, 0.2) is 17.1 Å². The molecule has 1 N–H and O–H groups in total. The fraction of sp³-hybridized carbons (Fsp3) is 0.333. The van der Waals surface area contributed by atoms with Gasteiger partial charge in [-0.2, -0.15) is 0 Å². The molecular formula is C15H17N3O5S. The summed E-state index contributed by atoms with van der Waals surface area (Å²) in [4.78, 5) is 29.5. The minimum atomic E-state index is -1.29. The van der Waals surface area contributed by atoms with Crippen molar-refractivity contribution < 1.29 is 23.8 Å². The van der Waals surface area contributed by atoms with Crippen LogP contribution in [0.2, 0.25) is 0 Å². The Morgan fingerprint density at radius 1 is 1.33 bits per heavy atom. The smallest absolute Gasteiger partial charge is 0.350 e. The monoisotopic (exact) mass is 351 g/mol. The van der Waals surface area contributed by atoms with Crippen LogP contribution in [0.25, 0.3) is 0 Å². The van der Waals surface area contributed by atoms with E-state index in [4.69, 9.17) is 26.4 Å². The molecule has 128 valence electrons. The molecule has 1 aromatic heterocycles. The van der Waals surface area contributed by atoms with Gasteiger partial charge in [-0.3, -0.25) is 0 Å². The van der Waals surface area contributed by atoms with Crippen molar-refractivity contribution in [3.63, 3.8) is 0 Å². The van der Waals surface area contributed by atoms with Crippen LogP contribution in [0.1, 0.15) is 13.8 Å². The molecule has 1 aromatic rings. The first-order valence-electron chi connectivity index (χ1n) is 6.97. The number of carbonyl (C=O) groups is 2. The molecule has 8 nitrogen and oxygen atoms in total. The lowest BCUT2D eigenvalue weighted by molar-refractivity contribution is -0.222. The third-order valence-corrected chi connectivity index (χ3v) is 3.25. The summed E-state index contributed by atoms with van der Waals surface area (Å²) in [5, 5.41) is 2.97. The third kappa shape index (κ3) is 4.19. The van der Waals surface area contributed by atoms with E-state index in [-0.39, 0.29) is 16.6 Å². The van der Waals surface area contributed by atoms with Gasteiger partial charge in [-0.1, -0.05) is 0 Å². The summed E-state index contributed by atoms with van der Waals surface area (Å²) in [5.74, 6) is -2.25. The SMILES string of the molecule is CN(C)C(=S)Oc1cccnc1NC=C1C(=O)OC(C)(C)OC1=O. The van der Waals surface area contributed by atoms with E-state index in [1.807, 2.05) is 0 Å². The minimum absolute atomic E-state index is 0.233. The second-order valence-corrected chi connectivity index (χ2v) is 5.84. The average Bonchev–Trinajstić information content (AvgIpc) is 2.46. The summed E-state index contributed by atoms with van der Waals surface area (Å²) < 4.78 is 15.5. The third-order valence-electron chi connectivity index (χ3n) is 2.80. The Kier molecular flexibility index (Phi) is 5.03. The summed E-state index contributed by atoms with van der Waals surface area (Å²) in [7, 11) is 3.48. The Bertz CT molecular complexity index is 693. The normalized spacial score (nSPS) is 15.9. The van der Waals surface area contributed by atoms with Crippen molar-refractivity contribution in [1.29, 1.82) is 0 Å². The molecule has 1 saturated heterocycles.